The van der Waals surface area contributed by atoms with Crippen LogP contribution in [0.4, 0.5) is 0 Å². The van der Waals surface area contributed by atoms with Crippen molar-refractivity contribution in [2.24, 2.45) is 5.84 Å². The zero-order chi connectivity index (χ0) is 12.4. The lowest BCUT2D eigenvalue weighted by molar-refractivity contribution is 0.00613. The summed E-state index contributed by atoms with van der Waals surface area (Å²) in [6.45, 7) is 5.93. The van der Waals surface area contributed by atoms with Crippen LogP contribution >= 0.6 is 0 Å². The first-order valence-electron chi connectivity index (χ1n) is 5.63. The standard InChI is InChI=1S/C11H26N2O3/c1-11(2,15-4)6-5-10(13-12)9-16-8-7-14-3/h10,13H,5-9,12H2,1-4H3. The van der Waals surface area contributed by atoms with E-state index in [1.807, 2.05) is 0 Å². The van der Waals surface area contributed by atoms with Crippen molar-refractivity contribution in [3.63, 3.8) is 0 Å². The Morgan fingerprint density at radius 2 is 1.94 bits per heavy atom. The number of hydrogen-bond donors (Lipinski definition) is 2. The Balaban J connectivity index is 3.66. The fourth-order valence-electron chi connectivity index (χ4n) is 1.21. The van der Waals surface area contributed by atoms with Crippen molar-refractivity contribution < 1.29 is 14.2 Å². The second-order valence-corrected chi connectivity index (χ2v) is 4.43. The molecule has 0 amide bonds. The van der Waals surface area contributed by atoms with E-state index in [1.54, 1.807) is 14.2 Å². The molecule has 98 valence electrons. The molecule has 3 N–H and O–H groups in total. The zero-order valence-electron chi connectivity index (χ0n) is 10.9. The summed E-state index contributed by atoms with van der Waals surface area (Å²) in [5.74, 6) is 5.46. The third-order valence-corrected chi connectivity index (χ3v) is 2.63. The Labute approximate surface area is 98.6 Å². The fraction of sp³-hybridized carbons (Fsp3) is 1.00. The molecule has 1 unspecified atom stereocenters. The third kappa shape index (κ3) is 8.01. The molecule has 0 fully saturated rings. The van der Waals surface area contributed by atoms with E-state index in [2.05, 4.69) is 19.3 Å². The van der Waals surface area contributed by atoms with E-state index in [4.69, 9.17) is 20.1 Å². The van der Waals surface area contributed by atoms with Gasteiger partial charge in [-0.3, -0.25) is 11.3 Å². The van der Waals surface area contributed by atoms with Gasteiger partial charge in [-0.05, 0) is 26.7 Å². The monoisotopic (exact) mass is 234 g/mol. The molecule has 0 aromatic heterocycles. The number of nitrogens with one attached hydrogen (secondary N) is 1. The van der Waals surface area contributed by atoms with E-state index < -0.39 is 0 Å². The first-order valence-corrected chi connectivity index (χ1v) is 5.63. The van der Waals surface area contributed by atoms with Crippen LogP contribution in [-0.2, 0) is 14.2 Å². The Morgan fingerprint density at radius 3 is 2.44 bits per heavy atom. The van der Waals surface area contributed by atoms with Crippen molar-refractivity contribution in [1.82, 2.24) is 5.43 Å². The van der Waals surface area contributed by atoms with Crippen LogP contribution in [0.3, 0.4) is 0 Å². The molecule has 0 saturated heterocycles. The van der Waals surface area contributed by atoms with Crippen LogP contribution in [0.5, 0.6) is 0 Å². The molecule has 1 atom stereocenters. The molecule has 0 spiro atoms. The second kappa shape index (κ2) is 8.90. The van der Waals surface area contributed by atoms with Crippen molar-refractivity contribution in [3.8, 4) is 0 Å². The Bertz CT molecular complexity index is 165. The lowest BCUT2D eigenvalue weighted by atomic mass is 9.99. The van der Waals surface area contributed by atoms with Gasteiger partial charge in [-0.2, -0.15) is 0 Å². The first kappa shape index (κ1) is 15.8. The van der Waals surface area contributed by atoms with Crippen LogP contribution < -0.4 is 11.3 Å². The van der Waals surface area contributed by atoms with E-state index in [0.29, 0.717) is 19.8 Å². The van der Waals surface area contributed by atoms with Crippen LogP contribution in [0.1, 0.15) is 26.7 Å². The summed E-state index contributed by atoms with van der Waals surface area (Å²) in [7, 11) is 3.38. The van der Waals surface area contributed by atoms with Gasteiger partial charge in [0.25, 0.3) is 0 Å². The predicted molar refractivity (Wildman–Crippen MR) is 64.1 cm³/mol. The number of hydrogen-bond acceptors (Lipinski definition) is 5. The van der Waals surface area contributed by atoms with Crippen molar-refractivity contribution >= 4 is 0 Å². The molecule has 0 aliphatic carbocycles. The van der Waals surface area contributed by atoms with Crippen molar-refractivity contribution in [3.05, 3.63) is 0 Å². The van der Waals surface area contributed by atoms with E-state index in [-0.39, 0.29) is 11.6 Å². The maximum atomic E-state index is 5.46. The van der Waals surface area contributed by atoms with Gasteiger partial charge in [-0.1, -0.05) is 0 Å². The minimum atomic E-state index is -0.109. The predicted octanol–water partition coefficient (Wildman–Crippen LogP) is 0.687. The first-order chi connectivity index (χ1) is 7.55. The Kier molecular flexibility index (Phi) is 8.78. The Morgan fingerprint density at radius 1 is 1.25 bits per heavy atom. The summed E-state index contributed by atoms with van der Waals surface area (Å²) in [4.78, 5) is 0. The van der Waals surface area contributed by atoms with Gasteiger partial charge < -0.3 is 14.2 Å². The van der Waals surface area contributed by atoms with E-state index in [0.717, 1.165) is 12.8 Å². The molecule has 5 heteroatoms. The number of hydrazine groups is 1. The molecule has 0 bridgehead atoms. The van der Waals surface area contributed by atoms with Crippen LogP contribution in [0.2, 0.25) is 0 Å². The lowest BCUT2D eigenvalue weighted by Crippen LogP contribution is -2.40. The third-order valence-electron chi connectivity index (χ3n) is 2.63. The number of rotatable bonds is 10. The molecule has 0 aliphatic heterocycles. The molecule has 0 aromatic rings. The highest BCUT2D eigenvalue weighted by Crippen LogP contribution is 2.16. The second-order valence-electron chi connectivity index (χ2n) is 4.43. The highest BCUT2D eigenvalue weighted by atomic mass is 16.5. The number of nitrogens with two attached hydrogens (primary N) is 1. The van der Waals surface area contributed by atoms with Crippen LogP contribution in [0.15, 0.2) is 0 Å². The number of methoxy groups -OCH3 is 2. The summed E-state index contributed by atoms with van der Waals surface area (Å²) >= 11 is 0. The smallest absolute Gasteiger partial charge is 0.0701 e. The summed E-state index contributed by atoms with van der Waals surface area (Å²) in [6, 6.07) is 0.159. The van der Waals surface area contributed by atoms with Gasteiger partial charge in [-0.25, -0.2) is 0 Å². The summed E-state index contributed by atoms with van der Waals surface area (Å²) in [6.07, 6.45) is 1.86. The van der Waals surface area contributed by atoms with Crippen molar-refractivity contribution in [2.75, 3.05) is 34.0 Å². The quantitative estimate of drug-likeness (QED) is 0.331. The van der Waals surface area contributed by atoms with Gasteiger partial charge in [0, 0.05) is 20.3 Å². The normalized spacial score (nSPS) is 14.1. The molecule has 0 radical (unpaired) electrons. The molecule has 0 aliphatic rings. The fourth-order valence-corrected chi connectivity index (χ4v) is 1.21. The summed E-state index contributed by atoms with van der Waals surface area (Å²) < 4.78 is 15.7. The van der Waals surface area contributed by atoms with Crippen molar-refractivity contribution in [1.29, 1.82) is 0 Å². The summed E-state index contributed by atoms with van der Waals surface area (Å²) in [5, 5.41) is 0. The molecule has 0 saturated carbocycles. The van der Waals surface area contributed by atoms with Gasteiger partial charge in [0.2, 0.25) is 0 Å². The van der Waals surface area contributed by atoms with Gasteiger partial charge in [0.05, 0.1) is 25.4 Å². The maximum Gasteiger partial charge on any atom is 0.0701 e. The van der Waals surface area contributed by atoms with Gasteiger partial charge in [0.1, 0.15) is 0 Å². The lowest BCUT2D eigenvalue weighted by Gasteiger charge is -2.25. The summed E-state index contributed by atoms with van der Waals surface area (Å²) in [5.41, 5.74) is 2.64. The minimum absolute atomic E-state index is 0.109. The molecule has 0 heterocycles. The average Bonchev–Trinajstić information content (AvgIpc) is 2.28. The van der Waals surface area contributed by atoms with Crippen LogP contribution in [-0.4, -0.2) is 45.7 Å². The topological polar surface area (TPSA) is 65.7 Å². The van der Waals surface area contributed by atoms with E-state index in [9.17, 15) is 0 Å². The van der Waals surface area contributed by atoms with Crippen LogP contribution in [0, 0.1) is 0 Å². The van der Waals surface area contributed by atoms with Gasteiger partial charge >= 0.3 is 0 Å². The molecule has 0 rings (SSSR count). The SMILES string of the molecule is COCCOCC(CCC(C)(C)OC)NN. The van der Waals surface area contributed by atoms with E-state index in [1.165, 1.54) is 0 Å². The van der Waals surface area contributed by atoms with Crippen molar-refractivity contribution in [2.45, 2.75) is 38.3 Å². The zero-order valence-corrected chi connectivity index (χ0v) is 10.9. The van der Waals surface area contributed by atoms with Crippen LogP contribution in [0.25, 0.3) is 0 Å². The highest BCUT2D eigenvalue weighted by molar-refractivity contribution is 4.72. The Hall–Kier alpha value is -0.200. The number of ether oxygens (including phenoxy) is 3. The molecule has 16 heavy (non-hydrogen) atoms. The van der Waals surface area contributed by atoms with Gasteiger partial charge in [0.15, 0.2) is 0 Å². The maximum absolute atomic E-state index is 5.46. The van der Waals surface area contributed by atoms with E-state index >= 15 is 0 Å². The minimum Gasteiger partial charge on any atom is -0.382 e. The average molecular weight is 234 g/mol. The highest BCUT2D eigenvalue weighted by Gasteiger charge is 2.18. The molecule has 0 aromatic carbocycles. The molecular weight excluding hydrogens is 208 g/mol. The van der Waals surface area contributed by atoms with Gasteiger partial charge in [-0.15, -0.1) is 0 Å². The molecular formula is C11H26N2O3. The molecule has 5 nitrogen and oxygen atoms in total. The largest absolute Gasteiger partial charge is 0.382 e.